The number of hydrogen-bond donors (Lipinski definition) is 1. The maximum atomic E-state index is 12.3. The highest BCUT2D eigenvalue weighted by molar-refractivity contribution is 5.22. The van der Waals surface area contributed by atoms with Crippen molar-refractivity contribution in [3.63, 3.8) is 0 Å². The van der Waals surface area contributed by atoms with E-state index in [1.165, 1.54) is 0 Å². The van der Waals surface area contributed by atoms with E-state index >= 15 is 0 Å². The van der Waals surface area contributed by atoms with E-state index in [2.05, 4.69) is 5.10 Å². The Morgan fingerprint density at radius 3 is 2.82 bits per heavy atom. The average molecular weight is 245 g/mol. The van der Waals surface area contributed by atoms with E-state index in [1.807, 2.05) is 23.2 Å². The SMILES string of the molecule is CN1C=CC=C(Oc2cc(C(F)(F)F)[nH]n2)C1. The molecule has 0 radical (unpaired) electrons. The summed E-state index contributed by atoms with van der Waals surface area (Å²) in [5, 5.41) is 5.34. The van der Waals surface area contributed by atoms with Gasteiger partial charge in [0, 0.05) is 13.1 Å². The number of nitrogens with one attached hydrogen (secondary N) is 1. The molecule has 92 valence electrons. The number of alkyl halides is 3. The molecule has 7 heteroatoms. The molecular weight excluding hydrogens is 235 g/mol. The number of allylic oxidation sites excluding steroid dienone is 2. The minimum absolute atomic E-state index is 0.0905. The van der Waals surface area contributed by atoms with Crippen LogP contribution in [0, 0.1) is 0 Å². The highest BCUT2D eigenvalue weighted by Crippen LogP contribution is 2.29. The number of aromatic nitrogens is 2. The summed E-state index contributed by atoms with van der Waals surface area (Å²) in [5.41, 5.74) is -0.923. The lowest BCUT2D eigenvalue weighted by Crippen LogP contribution is -2.19. The van der Waals surface area contributed by atoms with Gasteiger partial charge in [-0.25, -0.2) is 0 Å². The van der Waals surface area contributed by atoms with E-state index in [9.17, 15) is 13.2 Å². The molecule has 0 unspecified atom stereocenters. The fraction of sp³-hybridized carbons (Fsp3) is 0.300. The number of aromatic amines is 1. The molecule has 1 aromatic heterocycles. The summed E-state index contributed by atoms with van der Waals surface area (Å²) < 4.78 is 42.1. The molecule has 0 aliphatic carbocycles. The molecule has 0 bridgehead atoms. The predicted octanol–water partition coefficient (Wildman–Crippen LogP) is 2.15. The summed E-state index contributed by atoms with van der Waals surface area (Å²) in [6.45, 7) is 0.491. The van der Waals surface area contributed by atoms with Gasteiger partial charge in [0.25, 0.3) is 0 Å². The summed E-state index contributed by atoms with van der Waals surface area (Å²) in [6, 6.07) is 0.832. The Kier molecular flexibility index (Phi) is 2.83. The van der Waals surface area contributed by atoms with Crippen molar-refractivity contribution in [1.29, 1.82) is 0 Å². The molecule has 0 saturated carbocycles. The molecule has 0 aromatic carbocycles. The Morgan fingerprint density at radius 2 is 2.24 bits per heavy atom. The molecule has 2 rings (SSSR count). The summed E-state index contributed by atoms with van der Waals surface area (Å²) >= 11 is 0. The molecule has 0 saturated heterocycles. The molecule has 1 aliphatic rings. The molecule has 2 heterocycles. The van der Waals surface area contributed by atoms with Gasteiger partial charge < -0.3 is 9.64 Å². The van der Waals surface area contributed by atoms with E-state index in [0.29, 0.717) is 12.3 Å². The zero-order valence-electron chi connectivity index (χ0n) is 8.95. The molecule has 1 aromatic rings. The summed E-state index contributed by atoms with van der Waals surface area (Å²) in [4.78, 5) is 1.84. The second kappa shape index (κ2) is 4.15. The van der Waals surface area contributed by atoms with Crippen molar-refractivity contribution in [3.8, 4) is 5.88 Å². The molecule has 0 spiro atoms. The first kappa shape index (κ1) is 11.6. The zero-order chi connectivity index (χ0) is 12.5. The highest BCUT2D eigenvalue weighted by Gasteiger charge is 2.33. The second-order valence-electron chi connectivity index (χ2n) is 3.61. The van der Waals surface area contributed by atoms with Crippen LogP contribution in [0.1, 0.15) is 5.69 Å². The van der Waals surface area contributed by atoms with Crippen molar-refractivity contribution in [1.82, 2.24) is 15.1 Å². The molecule has 4 nitrogen and oxygen atoms in total. The number of nitrogens with zero attached hydrogens (tertiary/aromatic N) is 2. The normalized spacial score (nSPS) is 16.0. The van der Waals surface area contributed by atoms with Crippen LogP contribution in [0.3, 0.4) is 0 Å². The van der Waals surface area contributed by atoms with E-state index in [4.69, 9.17) is 4.74 Å². The van der Waals surface area contributed by atoms with Crippen LogP contribution in [-0.2, 0) is 6.18 Å². The topological polar surface area (TPSA) is 41.1 Å². The molecule has 1 N–H and O–H groups in total. The summed E-state index contributed by atoms with van der Waals surface area (Å²) in [6.07, 6.45) is 0.822. The minimum atomic E-state index is -4.44. The maximum absolute atomic E-state index is 12.3. The standard InChI is InChI=1S/C10H10F3N3O/c1-16-4-2-3-7(6-16)17-9-5-8(14-15-9)10(11,12)13/h2-5H,6H2,1H3,(H,14,15). The van der Waals surface area contributed by atoms with Gasteiger partial charge >= 0.3 is 6.18 Å². The third kappa shape index (κ3) is 2.80. The van der Waals surface area contributed by atoms with Gasteiger partial charge in [0.05, 0.1) is 6.54 Å². The summed E-state index contributed by atoms with van der Waals surface area (Å²) in [7, 11) is 1.83. The van der Waals surface area contributed by atoms with Gasteiger partial charge in [-0.15, -0.1) is 5.10 Å². The monoisotopic (exact) mass is 245 g/mol. The van der Waals surface area contributed by atoms with Crippen LogP contribution in [0.25, 0.3) is 0 Å². The first-order valence-corrected chi connectivity index (χ1v) is 4.83. The van der Waals surface area contributed by atoms with Gasteiger partial charge in [-0.1, -0.05) is 0 Å². The Morgan fingerprint density at radius 1 is 1.47 bits per heavy atom. The lowest BCUT2D eigenvalue weighted by Gasteiger charge is -2.18. The zero-order valence-corrected chi connectivity index (χ0v) is 8.95. The van der Waals surface area contributed by atoms with Crippen molar-refractivity contribution in [3.05, 3.63) is 35.9 Å². The molecule has 17 heavy (non-hydrogen) atoms. The number of ether oxygens (including phenoxy) is 1. The van der Waals surface area contributed by atoms with Gasteiger partial charge in [-0.3, -0.25) is 5.10 Å². The van der Waals surface area contributed by atoms with Crippen molar-refractivity contribution in [2.45, 2.75) is 6.18 Å². The molecular formula is C10H10F3N3O. The van der Waals surface area contributed by atoms with E-state index < -0.39 is 11.9 Å². The fourth-order valence-corrected chi connectivity index (χ4v) is 1.35. The van der Waals surface area contributed by atoms with Crippen molar-refractivity contribution < 1.29 is 17.9 Å². The second-order valence-corrected chi connectivity index (χ2v) is 3.61. The molecule has 1 aliphatic heterocycles. The van der Waals surface area contributed by atoms with E-state index in [1.54, 1.807) is 12.2 Å². The van der Waals surface area contributed by atoms with Gasteiger partial charge in [-0.2, -0.15) is 13.2 Å². The van der Waals surface area contributed by atoms with Crippen LogP contribution in [0.4, 0.5) is 13.2 Å². The molecule has 0 atom stereocenters. The van der Waals surface area contributed by atoms with Crippen molar-refractivity contribution in [2.75, 3.05) is 13.6 Å². The van der Waals surface area contributed by atoms with Crippen LogP contribution >= 0.6 is 0 Å². The van der Waals surface area contributed by atoms with Crippen molar-refractivity contribution >= 4 is 0 Å². The Balaban J connectivity index is 2.07. The quantitative estimate of drug-likeness (QED) is 0.868. The number of hydrogen-bond acceptors (Lipinski definition) is 3. The number of H-pyrrole nitrogens is 1. The van der Waals surface area contributed by atoms with E-state index in [0.717, 1.165) is 6.07 Å². The van der Waals surface area contributed by atoms with Gasteiger partial charge in [0.2, 0.25) is 5.88 Å². The predicted molar refractivity (Wildman–Crippen MR) is 54.1 cm³/mol. The Bertz CT molecular complexity index is 462. The third-order valence-corrected chi connectivity index (χ3v) is 2.12. The van der Waals surface area contributed by atoms with Crippen molar-refractivity contribution in [2.24, 2.45) is 0 Å². The van der Waals surface area contributed by atoms with Crippen LogP contribution in [-0.4, -0.2) is 28.7 Å². The number of rotatable bonds is 2. The van der Waals surface area contributed by atoms with Gasteiger partial charge in [0.1, 0.15) is 11.5 Å². The van der Waals surface area contributed by atoms with Gasteiger partial charge in [-0.05, 0) is 18.4 Å². The third-order valence-electron chi connectivity index (χ3n) is 2.12. The van der Waals surface area contributed by atoms with Crippen LogP contribution in [0.5, 0.6) is 5.88 Å². The maximum Gasteiger partial charge on any atom is 0.432 e. The van der Waals surface area contributed by atoms with Gasteiger partial charge in [0.15, 0.2) is 0 Å². The first-order chi connectivity index (χ1) is 7.95. The summed E-state index contributed by atoms with van der Waals surface area (Å²) in [5.74, 6) is 0.447. The van der Waals surface area contributed by atoms with Crippen LogP contribution in [0.2, 0.25) is 0 Å². The smallest absolute Gasteiger partial charge is 0.432 e. The minimum Gasteiger partial charge on any atom is -0.440 e. The lowest BCUT2D eigenvalue weighted by molar-refractivity contribution is -0.141. The lowest BCUT2D eigenvalue weighted by atomic mass is 10.3. The fourth-order valence-electron chi connectivity index (χ4n) is 1.35. The Hall–Kier alpha value is -1.92. The Labute approximate surface area is 95.4 Å². The highest BCUT2D eigenvalue weighted by atomic mass is 19.4. The average Bonchev–Trinajstić information content (AvgIpc) is 2.65. The number of likely N-dealkylation sites (N-methyl/N-ethyl adjacent to an activating group) is 1. The first-order valence-electron chi connectivity index (χ1n) is 4.83. The molecule has 0 fully saturated rings. The van der Waals surface area contributed by atoms with E-state index in [-0.39, 0.29) is 5.88 Å². The number of halogens is 3. The van der Waals surface area contributed by atoms with Crippen LogP contribution in [0.15, 0.2) is 30.2 Å². The molecule has 0 amide bonds. The largest absolute Gasteiger partial charge is 0.440 e. The van der Waals surface area contributed by atoms with Crippen LogP contribution < -0.4 is 4.74 Å².